The lowest BCUT2D eigenvalue weighted by Gasteiger charge is -2.26. The molecule has 0 aromatic heterocycles. The summed E-state index contributed by atoms with van der Waals surface area (Å²) >= 11 is 0. The number of para-hydroxylation sites is 1. The molecule has 0 radical (unpaired) electrons. The second-order valence-electron chi connectivity index (χ2n) is 6.22. The summed E-state index contributed by atoms with van der Waals surface area (Å²) in [5, 5.41) is 10.2. The van der Waals surface area contributed by atoms with Gasteiger partial charge in [-0.3, -0.25) is 9.69 Å². The number of hydrogen-bond donors (Lipinski definition) is 1. The molecule has 1 fully saturated rings. The molecule has 1 amide bonds. The van der Waals surface area contributed by atoms with Crippen LogP contribution in [-0.2, 0) is 4.79 Å². The zero-order valence-electron chi connectivity index (χ0n) is 13.9. The molecule has 0 saturated carbocycles. The zero-order chi connectivity index (χ0) is 18.0. The van der Waals surface area contributed by atoms with Crippen molar-refractivity contribution in [2.24, 2.45) is 0 Å². The van der Waals surface area contributed by atoms with Crippen LogP contribution in [0.2, 0.25) is 0 Å². The maximum atomic E-state index is 13.8. The number of nitrogens with zero attached hydrogens (tertiary/aromatic N) is 2. The van der Waals surface area contributed by atoms with Gasteiger partial charge in [-0.1, -0.05) is 24.3 Å². The summed E-state index contributed by atoms with van der Waals surface area (Å²) in [6, 6.07) is 12.4. The third kappa shape index (κ3) is 3.55. The molecule has 1 saturated heterocycles. The van der Waals surface area contributed by atoms with E-state index in [0.29, 0.717) is 13.0 Å². The van der Waals surface area contributed by atoms with E-state index in [1.165, 1.54) is 6.07 Å². The van der Waals surface area contributed by atoms with E-state index in [-0.39, 0.29) is 18.0 Å². The first-order valence-electron chi connectivity index (χ1n) is 8.17. The van der Waals surface area contributed by atoms with E-state index in [1.807, 2.05) is 30.3 Å². The molecule has 0 bridgehead atoms. The maximum absolute atomic E-state index is 13.8. The van der Waals surface area contributed by atoms with E-state index in [4.69, 9.17) is 0 Å². The Labute approximate surface area is 145 Å². The van der Waals surface area contributed by atoms with Crippen molar-refractivity contribution in [1.82, 2.24) is 4.90 Å². The standard InChI is InChI=1S/C19H20F2N2O2/c1-22(12-17(24)18-14(20)8-5-9-15(18)21)16-10-11-23(19(16)25)13-6-3-2-4-7-13/h2-9,16-17,24H,10-12H2,1H3. The minimum Gasteiger partial charge on any atom is -0.387 e. The van der Waals surface area contributed by atoms with Crippen molar-refractivity contribution in [2.45, 2.75) is 18.6 Å². The van der Waals surface area contributed by atoms with Gasteiger partial charge in [0.15, 0.2) is 0 Å². The maximum Gasteiger partial charge on any atom is 0.244 e. The third-order valence-corrected chi connectivity index (χ3v) is 4.57. The highest BCUT2D eigenvalue weighted by atomic mass is 19.1. The highest BCUT2D eigenvalue weighted by molar-refractivity contribution is 5.99. The Balaban J connectivity index is 1.70. The van der Waals surface area contributed by atoms with E-state index in [0.717, 1.165) is 17.8 Å². The average Bonchev–Trinajstić information content (AvgIpc) is 2.97. The second kappa shape index (κ2) is 7.29. The molecule has 1 heterocycles. The summed E-state index contributed by atoms with van der Waals surface area (Å²) in [5.41, 5.74) is 0.462. The number of aliphatic hydroxyl groups excluding tert-OH is 1. The Kier molecular flexibility index (Phi) is 5.11. The lowest BCUT2D eigenvalue weighted by Crippen LogP contribution is -2.41. The van der Waals surface area contributed by atoms with Crippen molar-refractivity contribution in [2.75, 3.05) is 25.0 Å². The van der Waals surface area contributed by atoms with Crippen LogP contribution >= 0.6 is 0 Å². The smallest absolute Gasteiger partial charge is 0.244 e. The summed E-state index contributed by atoms with van der Waals surface area (Å²) in [6.07, 6.45) is -0.749. The van der Waals surface area contributed by atoms with Crippen molar-refractivity contribution in [3.63, 3.8) is 0 Å². The van der Waals surface area contributed by atoms with E-state index >= 15 is 0 Å². The summed E-state index contributed by atoms with van der Waals surface area (Å²) < 4.78 is 27.6. The van der Waals surface area contributed by atoms with Crippen molar-refractivity contribution in [3.8, 4) is 0 Å². The topological polar surface area (TPSA) is 43.8 Å². The van der Waals surface area contributed by atoms with Gasteiger partial charge in [0.25, 0.3) is 0 Å². The fourth-order valence-electron chi connectivity index (χ4n) is 3.26. The first-order chi connectivity index (χ1) is 12.0. The number of amides is 1. The molecule has 6 heteroatoms. The van der Waals surface area contributed by atoms with Gasteiger partial charge in [-0.05, 0) is 37.7 Å². The molecular formula is C19H20F2N2O2. The van der Waals surface area contributed by atoms with Crippen molar-refractivity contribution in [3.05, 3.63) is 65.7 Å². The predicted molar refractivity (Wildman–Crippen MR) is 91.1 cm³/mol. The Morgan fingerprint density at radius 3 is 2.44 bits per heavy atom. The van der Waals surface area contributed by atoms with Gasteiger partial charge in [0, 0.05) is 18.8 Å². The van der Waals surface area contributed by atoms with E-state index in [1.54, 1.807) is 16.8 Å². The Morgan fingerprint density at radius 1 is 1.16 bits per heavy atom. The van der Waals surface area contributed by atoms with Gasteiger partial charge in [0.05, 0.1) is 17.7 Å². The van der Waals surface area contributed by atoms with Gasteiger partial charge in [-0.25, -0.2) is 8.78 Å². The summed E-state index contributed by atoms with van der Waals surface area (Å²) in [6.45, 7) is 0.541. The first kappa shape index (κ1) is 17.5. The quantitative estimate of drug-likeness (QED) is 0.905. The number of halogens is 2. The molecular weight excluding hydrogens is 326 g/mol. The average molecular weight is 346 g/mol. The number of carbonyl (C=O) groups excluding carboxylic acids is 1. The molecule has 2 aromatic carbocycles. The minimum atomic E-state index is -1.34. The number of hydrogen-bond acceptors (Lipinski definition) is 3. The van der Waals surface area contributed by atoms with Crippen LogP contribution in [0.25, 0.3) is 0 Å². The third-order valence-electron chi connectivity index (χ3n) is 4.57. The molecule has 132 valence electrons. The van der Waals surface area contributed by atoms with Crippen molar-refractivity contribution < 1.29 is 18.7 Å². The Bertz CT molecular complexity index is 734. The Hall–Kier alpha value is -2.31. The van der Waals surface area contributed by atoms with Crippen LogP contribution in [-0.4, -0.2) is 42.1 Å². The fourth-order valence-corrected chi connectivity index (χ4v) is 3.26. The largest absolute Gasteiger partial charge is 0.387 e. The van der Waals surface area contributed by atoms with Crippen LogP contribution in [0.15, 0.2) is 48.5 Å². The molecule has 2 aromatic rings. The number of likely N-dealkylation sites (N-methyl/N-ethyl adjacent to an activating group) is 1. The van der Waals surface area contributed by atoms with Gasteiger partial charge in [0.1, 0.15) is 11.6 Å². The van der Waals surface area contributed by atoms with Crippen molar-refractivity contribution >= 4 is 11.6 Å². The number of carbonyl (C=O) groups is 1. The van der Waals surface area contributed by atoms with Gasteiger partial charge < -0.3 is 10.0 Å². The normalized spacial score (nSPS) is 18.8. The van der Waals surface area contributed by atoms with E-state index < -0.39 is 23.8 Å². The van der Waals surface area contributed by atoms with Crippen LogP contribution in [0.5, 0.6) is 0 Å². The fraction of sp³-hybridized carbons (Fsp3) is 0.316. The Morgan fingerprint density at radius 2 is 1.80 bits per heavy atom. The first-order valence-corrected chi connectivity index (χ1v) is 8.17. The molecule has 0 aliphatic carbocycles. The van der Waals surface area contributed by atoms with Crippen LogP contribution in [0.3, 0.4) is 0 Å². The number of rotatable bonds is 5. The molecule has 0 spiro atoms. The summed E-state index contributed by atoms with van der Waals surface area (Å²) in [7, 11) is 1.68. The van der Waals surface area contributed by atoms with Gasteiger partial charge in [0.2, 0.25) is 5.91 Å². The van der Waals surface area contributed by atoms with Crippen LogP contribution in [0.1, 0.15) is 18.1 Å². The molecule has 1 aliphatic heterocycles. The summed E-state index contributed by atoms with van der Waals surface area (Å²) in [5.74, 6) is -1.65. The highest BCUT2D eigenvalue weighted by Crippen LogP contribution is 2.26. The molecule has 2 unspecified atom stereocenters. The predicted octanol–water partition coefficient (Wildman–Crippen LogP) is 2.74. The highest BCUT2D eigenvalue weighted by Gasteiger charge is 2.36. The van der Waals surface area contributed by atoms with Crippen molar-refractivity contribution in [1.29, 1.82) is 0 Å². The van der Waals surface area contributed by atoms with Crippen LogP contribution < -0.4 is 4.90 Å². The minimum absolute atomic E-state index is 0.0309. The van der Waals surface area contributed by atoms with Gasteiger partial charge >= 0.3 is 0 Å². The number of benzene rings is 2. The molecule has 25 heavy (non-hydrogen) atoms. The SMILES string of the molecule is CN(CC(O)c1c(F)cccc1F)C1CCN(c2ccccc2)C1=O. The lowest BCUT2D eigenvalue weighted by atomic mass is 10.1. The lowest BCUT2D eigenvalue weighted by molar-refractivity contribution is -0.121. The van der Waals surface area contributed by atoms with Gasteiger partial charge in [-0.15, -0.1) is 0 Å². The number of aliphatic hydroxyl groups is 1. The molecule has 3 rings (SSSR count). The monoisotopic (exact) mass is 346 g/mol. The van der Waals surface area contributed by atoms with E-state index in [9.17, 15) is 18.7 Å². The zero-order valence-corrected chi connectivity index (χ0v) is 13.9. The number of anilines is 1. The second-order valence-corrected chi connectivity index (χ2v) is 6.22. The van der Waals surface area contributed by atoms with Gasteiger partial charge in [-0.2, -0.15) is 0 Å². The molecule has 1 N–H and O–H groups in total. The molecule has 1 aliphatic rings. The van der Waals surface area contributed by atoms with E-state index in [2.05, 4.69) is 0 Å². The van der Waals surface area contributed by atoms with Crippen LogP contribution in [0, 0.1) is 11.6 Å². The molecule has 4 nitrogen and oxygen atoms in total. The van der Waals surface area contributed by atoms with Crippen LogP contribution in [0.4, 0.5) is 14.5 Å². The molecule has 2 atom stereocenters. The summed E-state index contributed by atoms with van der Waals surface area (Å²) in [4.78, 5) is 16.0.